The van der Waals surface area contributed by atoms with Crippen molar-refractivity contribution >= 4 is 57.9 Å². The number of aryl methyl sites for hydroxylation is 1. The number of anilines is 1. The molecule has 1 aliphatic carbocycles. The fourth-order valence-electron chi connectivity index (χ4n) is 4.87. The van der Waals surface area contributed by atoms with Gasteiger partial charge in [0.25, 0.3) is 0 Å². The highest BCUT2D eigenvalue weighted by atomic mass is 32.1. The number of nitrogens with one attached hydrogen (secondary N) is 1. The van der Waals surface area contributed by atoms with E-state index in [4.69, 9.17) is 0 Å². The zero-order valence-electron chi connectivity index (χ0n) is 19.6. The minimum atomic E-state index is 1.07. The molecule has 2 aromatic carbocycles. The van der Waals surface area contributed by atoms with Crippen molar-refractivity contribution in [3.8, 4) is 0 Å². The Labute approximate surface area is 201 Å². The summed E-state index contributed by atoms with van der Waals surface area (Å²) in [6.07, 6.45) is 16.5. The molecule has 1 fully saturated rings. The van der Waals surface area contributed by atoms with Crippen LogP contribution in [0.2, 0.25) is 0 Å². The zero-order valence-corrected chi connectivity index (χ0v) is 21.2. The Hall–Kier alpha value is -1.58. The summed E-state index contributed by atoms with van der Waals surface area (Å²) >= 11 is 3.97. The van der Waals surface area contributed by atoms with Gasteiger partial charge in [-0.15, -0.1) is 22.7 Å². The van der Waals surface area contributed by atoms with Crippen LogP contribution >= 0.6 is 22.7 Å². The second-order valence-electron chi connectivity index (χ2n) is 9.79. The summed E-state index contributed by atoms with van der Waals surface area (Å²) in [7, 11) is 0. The van der Waals surface area contributed by atoms with E-state index < -0.39 is 0 Å². The van der Waals surface area contributed by atoms with Gasteiger partial charge in [0.2, 0.25) is 0 Å². The van der Waals surface area contributed by atoms with Crippen molar-refractivity contribution in [2.75, 3.05) is 11.9 Å². The molecule has 3 heteroatoms. The van der Waals surface area contributed by atoms with Gasteiger partial charge in [0.05, 0.1) is 9.40 Å². The lowest BCUT2D eigenvalue weighted by Gasteiger charge is -2.06. The van der Waals surface area contributed by atoms with Gasteiger partial charge in [0.15, 0.2) is 0 Å². The van der Waals surface area contributed by atoms with Crippen LogP contribution in [-0.2, 0) is 6.42 Å². The van der Waals surface area contributed by atoms with Crippen LogP contribution in [0.4, 0.5) is 5.69 Å². The number of fused-ring (bicyclic) bond motifs is 5. The molecule has 0 saturated heterocycles. The minimum absolute atomic E-state index is 1.07. The largest absolute Gasteiger partial charge is 0.385 e. The summed E-state index contributed by atoms with van der Waals surface area (Å²) in [4.78, 5) is 0. The number of benzene rings is 2. The molecule has 0 amide bonds. The van der Waals surface area contributed by atoms with Crippen molar-refractivity contribution in [2.45, 2.75) is 84.0 Å². The molecule has 4 aromatic rings. The Morgan fingerprint density at radius 3 is 2.28 bits per heavy atom. The molecule has 0 spiro atoms. The van der Waals surface area contributed by atoms with Crippen molar-refractivity contribution in [3.05, 3.63) is 42.0 Å². The van der Waals surface area contributed by atoms with E-state index in [-0.39, 0.29) is 0 Å². The zero-order chi connectivity index (χ0) is 21.8. The van der Waals surface area contributed by atoms with Gasteiger partial charge in [0, 0.05) is 32.4 Å². The normalized spacial score (nSPS) is 14.2. The standard InChI is InChI=1S/C29H37NS2/c1-2-3-4-5-6-9-18-30-23-15-17-25-27(20-23)32-28-24-16-14-22(19-26(24)31-29(25)28)11-8-7-10-21-12-13-21/h14-17,19-21,30H,2-13,18H2,1H3. The van der Waals surface area contributed by atoms with Crippen molar-refractivity contribution in [2.24, 2.45) is 5.92 Å². The average molecular weight is 464 g/mol. The van der Waals surface area contributed by atoms with Gasteiger partial charge in [-0.3, -0.25) is 0 Å². The Balaban J connectivity index is 1.23. The molecule has 0 unspecified atom stereocenters. The molecule has 0 aliphatic heterocycles. The fraction of sp³-hybridized carbons (Fsp3) is 0.517. The first-order valence-corrected chi connectivity index (χ1v) is 14.6. The van der Waals surface area contributed by atoms with Crippen LogP contribution in [0.5, 0.6) is 0 Å². The molecule has 2 heterocycles. The molecule has 5 rings (SSSR count). The average Bonchev–Trinajstić information content (AvgIpc) is 3.48. The molecule has 1 saturated carbocycles. The van der Waals surface area contributed by atoms with Gasteiger partial charge in [-0.25, -0.2) is 0 Å². The van der Waals surface area contributed by atoms with Crippen molar-refractivity contribution in [3.63, 3.8) is 0 Å². The van der Waals surface area contributed by atoms with Gasteiger partial charge in [0.1, 0.15) is 0 Å². The third-order valence-electron chi connectivity index (χ3n) is 7.03. The Kier molecular flexibility index (Phi) is 7.34. The molecule has 0 radical (unpaired) electrons. The quantitative estimate of drug-likeness (QED) is 0.194. The van der Waals surface area contributed by atoms with Crippen molar-refractivity contribution in [1.29, 1.82) is 0 Å². The van der Waals surface area contributed by atoms with Crippen LogP contribution in [-0.4, -0.2) is 6.54 Å². The Morgan fingerprint density at radius 2 is 1.50 bits per heavy atom. The molecule has 0 atom stereocenters. The maximum Gasteiger partial charge on any atom is 0.0542 e. The molecule has 2 aromatic heterocycles. The molecule has 32 heavy (non-hydrogen) atoms. The third kappa shape index (κ3) is 5.31. The lowest BCUT2D eigenvalue weighted by Crippen LogP contribution is -2.00. The van der Waals surface area contributed by atoms with E-state index in [1.807, 2.05) is 22.7 Å². The van der Waals surface area contributed by atoms with E-state index in [0.717, 1.165) is 12.5 Å². The first-order valence-electron chi connectivity index (χ1n) is 12.9. The summed E-state index contributed by atoms with van der Waals surface area (Å²) in [6, 6.07) is 14.2. The SMILES string of the molecule is CCCCCCCCNc1ccc2c(c1)sc1c3ccc(CCCCC4CC4)cc3sc21. The summed E-state index contributed by atoms with van der Waals surface area (Å²) in [5, 5.41) is 6.54. The lowest BCUT2D eigenvalue weighted by molar-refractivity contribution is 0.617. The number of hydrogen-bond donors (Lipinski definition) is 1. The summed E-state index contributed by atoms with van der Waals surface area (Å²) in [5.41, 5.74) is 2.80. The Morgan fingerprint density at radius 1 is 0.781 bits per heavy atom. The first-order chi connectivity index (χ1) is 15.8. The molecule has 170 valence electrons. The van der Waals surface area contributed by atoms with E-state index in [2.05, 4.69) is 48.6 Å². The van der Waals surface area contributed by atoms with Crippen LogP contribution in [0.25, 0.3) is 29.6 Å². The van der Waals surface area contributed by atoms with E-state index >= 15 is 0 Å². The van der Waals surface area contributed by atoms with Crippen LogP contribution in [0.15, 0.2) is 36.4 Å². The lowest BCUT2D eigenvalue weighted by atomic mass is 10.0. The highest BCUT2D eigenvalue weighted by Gasteiger charge is 2.20. The van der Waals surface area contributed by atoms with Gasteiger partial charge in [-0.1, -0.05) is 82.9 Å². The monoisotopic (exact) mass is 463 g/mol. The van der Waals surface area contributed by atoms with Gasteiger partial charge in [-0.2, -0.15) is 0 Å². The van der Waals surface area contributed by atoms with Crippen LogP contribution in [0.3, 0.4) is 0 Å². The fourth-order valence-corrected chi connectivity index (χ4v) is 7.63. The molecule has 1 N–H and O–H groups in total. The number of hydrogen-bond acceptors (Lipinski definition) is 3. The first kappa shape index (κ1) is 22.2. The topological polar surface area (TPSA) is 12.0 Å². The predicted octanol–water partition coefficient (Wildman–Crippen LogP) is 10.2. The smallest absolute Gasteiger partial charge is 0.0542 e. The van der Waals surface area contributed by atoms with Crippen molar-refractivity contribution in [1.82, 2.24) is 0 Å². The van der Waals surface area contributed by atoms with E-state index in [0.29, 0.717) is 0 Å². The van der Waals surface area contributed by atoms with E-state index in [1.54, 1.807) is 0 Å². The van der Waals surface area contributed by atoms with Crippen molar-refractivity contribution < 1.29 is 0 Å². The molecule has 0 bridgehead atoms. The predicted molar refractivity (Wildman–Crippen MR) is 147 cm³/mol. The van der Waals surface area contributed by atoms with Gasteiger partial charge in [-0.05, 0) is 48.9 Å². The van der Waals surface area contributed by atoms with Crippen LogP contribution in [0, 0.1) is 5.92 Å². The second kappa shape index (κ2) is 10.6. The van der Waals surface area contributed by atoms with Gasteiger partial charge >= 0.3 is 0 Å². The van der Waals surface area contributed by atoms with E-state index in [9.17, 15) is 0 Å². The highest BCUT2D eigenvalue weighted by Crippen LogP contribution is 2.45. The number of thiophene rings is 2. The minimum Gasteiger partial charge on any atom is -0.385 e. The number of unbranched alkanes of at least 4 members (excludes halogenated alkanes) is 6. The van der Waals surface area contributed by atoms with Crippen LogP contribution < -0.4 is 5.32 Å². The summed E-state index contributed by atoms with van der Waals surface area (Å²) < 4.78 is 5.85. The Bertz CT molecular complexity index is 1160. The molecule has 1 aliphatic rings. The maximum atomic E-state index is 3.65. The van der Waals surface area contributed by atoms with Crippen LogP contribution in [0.1, 0.15) is 83.1 Å². The van der Waals surface area contributed by atoms with Gasteiger partial charge < -0.3 is 5.32 Å². The molecular formula is C29H37NS2. The second-order valence-corrected chi connectivity index (χ2v) is 11.9. The third-order valence-corrected chi connectivity index (χ3v) is 9.53. The summed E-state index contributed by atoms with van der Waals surface area (Å²) in [6.45, 7) is 3.37. The highest BCUT2D eigenvalue weighted by molar-refractivity contribution is 7.36. The van der Waals surface area contributed by atoms with E-state index in [1.165, 1.54) is 118 Å². The summed E-state index contributed by atoms with van der Waals surface area (Å²) in [5.74, 6) is 1.07. The molecule has 1 nitrogen and oxygen atoms in total. The number of rotatable bonds is 13. The maximum absolute atomic E-state index is 3.65. The molecular weight excluding hydrogens is 426 g/mol.